The minimum absolute atomic E-state index is 0.0422. The molecule has 1 heterocycles. The van der Waals surface area contributed by atoms with E-state index in [9.17, 15) is 4.79 Å². The largest absolute Gasteiger partial charge is 0.456 e. The van der Waals surface area contributed by atoms with Crippen molar-refractivity contribution >= 4 is 33.5 Å². The molecule has 0 saturated carbocycles. The van der Waals surface area contributed by atoms with Crippen molar-refractivity contribution in [2.24, 2.45) is 0 Å². The van der Waals surface area contributed by atoms with Crippen LogP contribution in [0.2, 0.25) is 0 Å². The zero-order chi connectivity index (χ0) is 14.7. The lowest BCUT2D eigenvalue weighted by Crippen LogP contribution is -2.02. The Morgan fingerprint density at radius 1 is 0.905 bits per heavy atom. The standard InChI is InChI=1S/C18H17ClO2/c19-11-5-1-2-6-13-9-10-15-17(12-13)21-16-8-4-3-7-14(16)18(15)20/h3-4,7-10,12H,1-2,5-6,11H2. The number of hydrogen-bond acceptors (Lipinski definition) is 2. The summed E-state index contributed by atoms with van der Waals surface area (Å²) in [5, 5.41) is 1.29. The molecule has 0 aliphatic rings. The number of hydrogen-bond donors (Lipinski definition) is 0. The average Bonchev–Trinajstić information content (AvgIpc) is 2.52. The molecule has 0 bridgehead atoms. The van der Waals surface area contributed by atoms with Gasteiger partial charge in [-0.15, -0.1) is 11.6 Å². The number of rotatable bonds is 5. The second kappa shape index (κ2) is 6.31. The lowest BCUT2D eigenvalue weighted by atomic mass is 10.0. The summed E-state index contributed by atoms with van der Waals surface area (Å²) in [6.45, 7) is 0. The van der Waals surface area contributed by atoms with Crippen molar-refractivity contribution in [3.63, 3.8) is 0 Å². The highest BCUT2D eigenvalue weighted by Crippen LogP contribution is 2.20. The number of alkyl halides is 1. The highest BCUT2D eigenvalue weighted by Gasteiger charge is 2.07. The van der Waals surface area contributed by atoms with Gasteiger partial charge in [0.25, 0.3) is 0 Å². The van der Waals surface area contributed by atoms with E-state index >= 15 is 0 Å². The molecule has 0 aliphatic heterocycles. The van der Waals surface area contributed by atoms with Gasteiger partial charge in [0.15, 0.2) is 0 Å². The predicted octanol–water partition coefficient (Wildman–Crippen LogP) is 4.90. The first-order valence-corrected chi connectivity index (χ1v) is 7.83. The van der Waals surface area contributed by atoms with Crippen LogP contribution in [0.1, 0.15) is 24.8 Å². The van der Waals surface area contributed by atoms with Crippen LogP contribution in [0.25, 0.3) is 21.9 Å². The molecule has 0 N–H and O–H groups in total. The summed E-state index contributed by atoms with van der Waals surface area (Å²) in [6, 6.07) is 13.3. The zero-order valence-electron chi connectivity index (χ0n) is 11.8. The van der Waals surface area contributed by atoms with E-state index in [1.807, 2.05) is 36.4 Å². The van der Waals surface area contributed by atoms with Crippen molar-refractivity contribution in [3.8, 4) is 0 Å². The molecule has 2 nitrogen and oxygen atoms in total. The van der Waals surface area contributed by atoms with E-state index in [-0.39, 0.29) is 5.43 Å². The summed E-state index contributed by atoms with van der Waals surface area (Å²) >= 11 is 5.68. The van der Waals surface area contributed by atoms with E-state index in [0.29, 0.717) is 21.9 Å². The fraction of sp³-hybridized carbons (Fsp3) is 0.278. The van der Waals surface area contributed by atoms with Gasteiger partial charge < -0.3 is 4.42 Å². The first kappa shape index (κ1) is 14.2. The highest BCUT2D eigenvalue weighted by molar-refractivity contribution is 6.17. The van der Waals surface area contributed by atoms with Crippen molar-refractivity contribution in [2.75, 3.05) is 5.88 Å². The maximum atomic E-state index is 12.4. The molecule has 1 aromatic heterocycles. The van der Waals surface area contributed by atoms with Crippen LogP contribution < -0.4 is 5.43 Å². The second-order valence-electron chi connectivity index (χ2n) is 5.26. The number of para-hydroxylation sites is 1. The van der Waals surface area contributed by atoms with Crippen LogP contribution in [-0.2, 0) is 6.42 Å². The monoisotopic (exact) mass is 300 g/mol. The Labute approximate surface area is 128 Å². The summed E-state index contributed by atoms with van der Waals surface area (Å²) in [6.07, 6.45) is 4.28. The van der Waals surface area contributed by atoms with Gasteiger partial charge >= 0.3 is 0 Å². The molecule has 0 atom stereocenters. The molecule has 0 fully saturated rings. The van der Waals surface area contributed by atoms with E-state index in [1.165, 1.54) is 5.56 Å². The van der Waals surface area contributed by atoms with Gasteiger partial charge in [-0.05, 0) is 49.1 Å². The first-order valence-electron chi connectivity index (χ1n) is 7.30. The zero-order valence-corrected chi connectivity index (χ0v) is 12.5. The third kappa shape index (κ3) is 2.96. The van der Waals surface area contributed by atoms with Crippen LogP contribution in [0.15, 0.2) is 51.7 Å². The van der Waals surface area contributed by atoms with Crippen molar-refractivity contribution in [3.05, 3.63) is 58.3 Å². The summed E-state index contributed by atoms with van der Waals surface area (Å²) in [5.74, 6) is 0.721. The highest BCUT2D eigenvalue weighted by atomic mass is 35.5. The number of halogens is 1. The number of aryl methyl sites for hydroxylation is 1. The molecule has 2 aromatic carbocycles. The molecule has 0 aliphatic carbocycles. The quantitative estimate of drug-likeness (QED) is 0.381. The van der Waals surface area contributed by atoms with E-state index in [2.05, 4.69) is 0 Å². The molecular weight excluding hydrogens is 284 g/mol. The predicted molar refractivity (Wildman–Crippen MR) is 88.3 cm³/mol. The Kier molecular flexibility index (Phi) is 4.26. The lowest BCUT2D eigenvalue weighted by molar-refractivity contribution is 0.658. The van der Waals surface area contributed by atoms with Crippen molar-refractivity contribution in [1.82, 2.24) is 0 Å². The van der Waals surface area contributed by atoms with E-state index in [0.717, 1.165) is 31.6 Å². The molecule has 0 radical (unpaired) electrons. The SMILES string of the molecule is O=c1c2ccccc2oc2cc(CCCCCCl)ccc12. The second-order valence-corrected chi connectivity index (χ2v) is 5.64. The molecule has 0 spiro atoms. The molecule has 0 saturated heterocycles. The van der Waals surface area contributed by atoms with E-state index < -0.39 is 0 Å². The minimum Gasteiger partial charge on any atom is -0.456 e. The molecule has 21 heavy (non-hydrogen) atoms. The van der Waals surface area contributed by atoms with Crippen LogP contribution in [0, 0.1) is 0 Å². The van der Waals surface area contributed by atoms with Gasteiger partial charge in [-0.1, -0.05) is 24.6 Å². The van der Waals surface area contributed by atoms with Crippen molar-refractivity contribution in [2.45, 2.75) is 25.7 Å². The Morgan fingerprint density at radius 3 is 2.57 bits per heavy atom. The number of unbranched alkanes of at least 4 members (excludes halogenated alkanes) is 2. The van der Waals surface area contributed by atoms with E-state index in [1.54, 1.807) is 6.07 Å². The minimum atomic E-state index is 0.0422. The van der Waals surface area contributed by atoms with Gasteiger partial charge in [0.1, 0.15) is 11.2 Å². The number of fused-ring (bicyclic) bond motifs is 2. The topological polar surface area (TPSA) is 30.2 Å². The van der Waals surface area contributed by atoms with Gasteiger partial charge in [0, 0.05) is 5.88 Å². The van der Waals surface area contributed by atoms with Gasteiger partial charge in [-0.2, -0.15) is 0 Å². The fourth-order valence-corrected chi connectivity index (χ4v) is 2.79. The maximum Gasteiger partial charge on any atom is 0.200 e. The molecule has 3 rings (SSSR count). The van der Waals surface area contributed by atoms with Crippen LogP contribution in [0.3, 0.4) is 0 Å². The summed E-state index contributed by atoms with van der Waals surface area (Å²) in [5.41, 5.74) is 2.57. The Hall–Kier alpha value is -1.80. The van der Waals surface area contributed by atoms with Crippen molar-refractivity contribution < 1.29 is 4.42 Å². The molecule has 3 aromatic rings. The van der Waals surface area contributed by atoms with Crippen LogP contribution in [0.4, 0.5) is 0 Å². The molecule has 3 heteroatoms. The molecule has 0 amide bonds. The Balaban J connectivity index is 1.97. The summed E-state index contributed by atoms with van der Waals surface area (Å²) in [4.78, 5) is 12.4. The van der Waals surface area contributed by atoms with Crippen LogP contribution in [-0.4, -0.2) is 5.88 Å². The molecular formula is C18H17ClO2. The third-order valence-electron chi connectivity index (χ3n) is 3.74. The summed E-state index contributed by atoms with van der Waals surface area (Å²) < 4.78 is 5.87. The first-order chi connectivity index (χ1) is 10.3. The van der Waals surface area contributed by atoms with E-state index in [4.69, 9.17) is 16.0 Å². The molecule has 0 unspecified atom stereocenters. The van der Waals surface area contributed by atoms with Gasteiger partial charge in [-0.25, -0.2) is 0 Å². The summed E-state index contributed by atoms with van der Waals surface area (Å²) in [7, 11) is 0. The number of benzene rings is 2. The van der Waals surface area contributed by atoms with Crippen LogP contribution in [0.5, 0.6) is 0 Å². The van der Waals surface area contributed by atoms with Crippen molar-refractivity contribution in [1.29, 1.82) is 0 Å². The Bertz CT molecular complexity index is 820. The fourth-order valence-electron chi connectivity index (χ4n) is 2.60. The normalized spacial score (nSPS) is 11.3. The van der Waals surface area contributed by atoms with Gasteiger partial charge in [0.05, 0.1) is 10.8 Å². The lowest BCUT2D eigenvalue weighted by Gasteiger charge is -2.04. The van der Waals surface area contributed by atoms with Gasteiger partial charge in [-0.3, -0.25) is 4.79 Å². The van der Waals surface area contributed by atoms with Crippen LogP contribution >= 0.6 is 11.6 Å². The smallest absolute Gasteiger partial charge is 0.200 e. The average molecular weight is 301 g/mol. The van der Waals surface area contributed by atoms with Gasteiger partial charge in [0.2, 0.25) is 5.43 Å². The third-order valence-corrected chi connectivity index (χ3v) is 4.01. The maximum absolute atomic E-state index is 12.4. The molecule has 108 valence electrons. The Morgan fingerprint density at radius 2 is 1.71 bits per heavy atom.